The lowest BCUT2D eigenvalue weighted by Crippen LogP contribution is -2.51. The molecular formula is C27H32N2O4S2. The second-order valence-electron chi connectivity index (χ2n) is 9.38. The standard InChI is InChI=1S/C27H32N2O4S2/c1-21(2)24-13-15-25(16-14-24)35(32,33)29(18-23-11-7-4-8-12-23)27-20-34(30,31)19-26(27)28-17-22-9-5-3-6-10-22/h3-16,21,26-28H,17-20H2,1-2H3/t26-,27+/m0/s1. The van der Waals surface area contributed by atoms with E-state index in [0.717, 1.165) is 16.7 Å². The van der Waals surface area contributed by atoms with Gasteiger partial charge in [0, 0.05) is 19.1 Å². The largest absolute Gasteiger partial charge is 0.307 e. The van der Waals surface area contributed by atoms with Crippen molar-refractivity contribution in [1.29, 1.82) is 0 Å². The number of nitrogens with one attached hydrogen (secondary N) is 1. The average molecular weight is 513 g/mol. The summed E-state index contributed by atoms with van der Waals surface area (Å²) in [5.41, 5.74) is 2.86. The third kappa shape index (κ3) is 6.19. The Hall–Kier alpha value is -2.52. The minimum absolute atomic E-state index is 0.0960. The lowest BCUT2D eigenvalue weighted by atomic mass is 10.0. The van der Waals surface area contributed by atoms with Crippen LogP contribution in [0.3, 0.4) is 0 Å². The number of sulfonamides is 1. The molecule has 4 rings (SSSR count). The van der Waals surface area contributed by atoms with E-state index in [-0.39, 0.29) is 28.9 Å². The number of benzene rings is 3. The summed E-state index contributed by atoms with van der Waals surface area (Å²) >= 11 is 0. The maximum absolute atomic E-state index is 13.9. The highest BCUT2D eigenvalue weighted by atomic mass is 32.2. The predicted molar refractivity (Wildman–Crippen MR) is 139 cm³/mol. The zero-order valence-corrected chi connectivity index (χ0v) is 21.7. The lowest BCUT2D eigenvalue weighted by Gasteiger charge is -2.32. The Morgan fingerprint density at radius 2 is 1.43 bits per heavy atom. The van der Waals surface area contributed by atoms with Crippen LogP contribution in [0, 0.1) is 0 Å². The Kier molecular flexibility index (Phi) is 7.76. The van der Waals surface area contributed by atoms with Crippen molar-refractivity contribution in [3.05, 3.63) is 102 Å². The highest BCUT2D eigenvalue weighted by Crippen LogP contribution is 2.29. The Balaban J connectivity index is 1.69. The highest BCUT2D eigenvalue weighted by Gasteiger charge is 2.45. The fraction of sp³-hybridized carbons (Fsp3) is 0.333. The number of rotatable bonds is 9. The summed E-state index contributed by atoms with van der Waals surface area (Å²) < 4.78 is 54.7. The molecule has 1 aliphatic heterocycles. The molecule has 1 N–H and O–H groups in total. The molecule has 35 heavy (non-hydrogen) atoms. The summed E-state index contributed by atoms with van der Waals surface area (Å²) in [7, 11) is -7.38. The SMILES string of the molecule is CC(C)c1ccc(S(=O)(=O)N(Cc2ccccc2)[C@@H]2CS(=O)(=O)C[C@@H]2NCc2ccccc2)cc1. The highest BCUT2D eigenvalue weighted by molar-refractivity contribution is 7.92. The van der Waals surface area contributed by atoms with Gasteiger partial charge in [0.1, 0.15) is 0 Å². The third-order valence-corrected chi connectivity index (χ3v) is 10.0. The van der Waals surface area contributed by atoms with Crippen molar-refractivity contribution in [2.45, 2.75) is 49.8 Å². The molecule has 2 atom stereocenters. The number of hydrogen-bond donors (Lipinski definition) is 1. The quantitative estimate of drug-likeness (QED) is 0.469. The summed E-state index contributed by atoms with van der Waals surface area (Å²) in [5, 5.41) is 3.33. The predicted octanol–water partition coefficient (Wildman–Crippen LogP) is 3.96. The molecule has 8 heteroatoms. The van der Waals surface area contributed by atoms with Gasteiger partial charge in [-0.2, -0.15) is 4.31 Å². The third-order valence-electron chi connectivity index (χ3n) is 6.44. The number of sulfone groups is 1. The second-order valence-corrected chi connectivity index (χ2v) is 13.4. The van der Waals surface area contributed by atoms with Gasteiger partial charge >= 0.3 is 0 Å². The van der Waals surface area contributed by atoms with Crippen LogP contribution in [0.4, 0.5) is 0 Å². The minimum atomic E-state index is -3.96. The topological polar surface area (TPSA) is 83.6 Å². The molecule has 0 spiro atoms. The molecule has 0 saturated carbocycles. The van der Waals surface area contributed by atoms with E-state index >= 15 is 0 Å². The van der Waals surface area contributed by atoms with E-state index in [0.29, 0.717) is 6.54 Å². The van der Waals surface area contributed by atoms with Crippen LogP contribution in [0.2, 0.25) is 0 Å². The number of hydrogen-bond acceptors (Lipinski definition) is 5. The Bertz CT molecular complexity index is 1320. The van der Waals surface area contributed by atoms with E-state index in [1.165, 1.54) is 4.31 Å². The van der Waals surface area contributed by atoms with Crippen molar-refractivity contribution in [3.63, 3.8) is 0 Å². The van der Waals surface area contributed by atoms with Gasteiger partial charge in [-0.25, -0.2) is 16.8 Å². The van der Waals surface area contributed by atoms with E-state index in [1.54, 1.807) is 12.1 Å². The summed E-state index contributed by atoms with van der Waals surface area (Å²) in [4.78, 5) is 0.170. The van der Waals surface area contributed by atoms with Crippen LogP contribution in [-0.2, 0) is 33.0 Å². The molecule has 0 bridgehead atoms. The molecule has 186 valence electrons. The van der Waals surface area contributed by atoms with Crippen molar-refractivity contribution >= 4 is 19.9 Å². The van der Waals surface area contributed by atoms with E-state index in [4.69, 9.17) is 0 Å². The molecule has 1 heterocycles. The fourth-order valence-electron chi connectivity index (χ4n) is 4.46. The van der Waals surface area contributed by atoms with Crippen LogP contribution in [-0.4, -0.2) is 44.7 Å². The van der Waals surface area contributed by atoms with E-state index < -0.39 is 31.9 Å². The van der Waals surface area contributed by atoms with Gasteiger partial charge in [-0.05, 0) is 34.7 Å². The average Bonchev–Trinajstić information content (AvgIpc) is 3.16. The molecule has 3 aromatic carbocycles. The molecular weight excluding hydrogens is 480 g/mol. The second kappa shape index (κ2) is 10.6. The van der Waals surface area contributed by atoms with Crippen LogP contribution in [0.15, 0.2) is 89.8 Å². The molecule has 0 aliphatic carbocycles. The van der Waals surface area contributed by atoms with E-state index in [1.807, 2.05) is 72.8 Å². The van der Waals surface area contributed by atoms with Crippen molar-refractivity contribution in [2.24, 2.45) is 0 Å². The molecule has 1 saturated heterocycles. The van der Waals surface area contributed by atoms with Crippen LogP contribution >= 0.6 is 0 Å². The zero-order chi connectivity index (χ0) is 25.1. The summed E-state index contributed by atoms with van der Waals surface area (Å²) in [6, 6.07) is 24.7. The Morgan fingerprint density at radius 3 is 2.00 bits per heavy atom. The summed E-state index contributed by atoms with van der Waals surface area (Å²) in [6.07, 6.45) is 0. The first-order valence-corrected chi connectivity index (χ1v) is 15.1. The van der Waals surface area contributed by atoms with Gasteiger partial charge in [0.15, 0.2) is 9.84 Å². The molecule has 3 aromatic rings. The van der Waals surface area contributed by atoms with Gasteiger partial charge in [-0.1, -0.05) is 86.6 Å². The van der Waals surface area contributed by atoms with Crippen LogP contribution in [0.25, 0.3) is 0 Å². The van der Waals surface area contributed by atoms with Gasteiger partial charge in [-0.3, -0.25) is 0 Å². The molecule has 0 unspecified atom stereocenters. The first-order valence-electron chi connectivity index (χ1n) is 11.8. The summed E-state index contributed by atoms with van der Waals surface area (Å²) in [5.74, 6) is -0.0357. The smallest absolute Gasteiger partial charge is 0.243 e. The van der Waals surface area contributed by atoms with E-state index in [2.05, 4.69) is 19.2 Å². The lowest BCUT2D eigenvalue weighted by molar-refractivity contribution is 0.286. The maximum atomic E-state index is 13.9. The fourth-order valence-corrected chi connectivity index (χ4v) is 8.15. The Labute approximate surface area is 209 Å². The van der Waals surface area contributed by atoms with Gasteiger partial charge < -0.3 is 5.32 Å². The van der Waals surface area contributed by atoms with Gasteiger partial charge in [0.05, 0.1) is 22.4 Å². The minimum Gasteiger partial charge on any atom is -0.307 e. The van der Waals surface area contributed by atoms with Gasteiger partial charge in [-0.15, -0.1) is 0 Å². The first kappa shape index (κ1) is 25.6. The van der Waals surface area contributed by atoms with Crippen molar-refractivity contribution in [1.82, 2.24) is 9.62 Å². The first-order chi connectivity index (χ1) is 16.7. The van der Waals surface area contributed by atoms with Crippen LogP contribution in [0.1, 0.15) is 36.5 Å². The molecule has 0 radical (unpaired) electrons. The normalized spacial score (nSPS) is 19.9. The van der Waals surface area contributed by atoms with E-state index in [9.17, 15) is 16.8 Å². The van der Waals surface area contributed by atoms with Gasteiger partial charge in [0.2, 0.25) is 10.0 Å². The monoisotopic (exact) mass is 512 g/mol. The molecule has 0 aromatic heterocycles. The molecule has 6 nitrogen and oxygen atoms in total. The van der Waals surface area contributed by atoms with Crippen molar-refractivity contribution in [2.75, 3.05) is 11.5 Å². The maximum Gasteiger partial charge on any atom is 0.243 e. The summed E-state index contributed by atoms with van der Waals surface area (Å²) in [6.45, 7) is 4.66. The number of nitrogens with zero attached hydrogens (tertiary/aromatic N) is 1. The molecule has 1 fully saturated rings. The van der Waals surface area contributed by atoms with Gasteiger partial charge in [0.25, 0.3) is 0 Å². The Morgan fingerprint density at radius 1 is 0.857 bits per heavy atom. The van der Waals surface area contributed by atoms with Crippen molar-refractivity contribution < 1.29 is 16.8 Å². The van der Waals surface area contributed by atoms with Crippen LogP contribution < -0.4 is 5.32 Å². The molecule has 0 amide bonds. The molecule has 1 aliphatic rings. The zero-order valence-electron chi connectivity index (χ0n) is 20.0. The van der Waals surface area contributed by atoms with Crippen LogP contribution in [0.5, 0.6) is 0 Å². The van der Waals surface area contributed by atoms with Crippen molar-refractivity contribution in [3.8, 4) is 0 Å².